The normalized spacial score (nSPS) is 10.6. The van der Waals surface area contributed by atoms with Crippen molar-refractivity contribution in [2.75, 3.05) is 0 Å². The van der Waals surface area contributed by atoms with E-state index in [1.54, 1.807) is 24.4 Å². The van der Waals surface area contributed by atoms with E-state index in [1.165, 1.54) is 6.08 Å². The van der Waals surface area contributed by atoms with Crippen molar-refractivity contribution in [3.8, 4) is 0 Å². The quantitative estimate of drug-likeness (QED) is 0.750. The topological polar surface area (TPSA) is 70.4 Å². The van der Waals surface area contributed by atoms with Crippen LogP contribution >= 0.6 is 0 Å². The summed E-state index contributed by atoms with van der Waals surface area (Å²) in [6.07, 6.45) is 4.71. The monoisotopic (exact) mass is 193 g/mol. The maximum Gasteiger partial charge on any atom is 0.307 e. The molecule has 1 heterocycles. The number of hydrogen-bond acceptors (Lipinski definition) is 3. The average molecular weight is 193 g/mol. The van der Waals surface area contributed by atoms with Crippen molar-refractivity contribution in [3.05, 3.63) is 35.7 Å². The maximum atomic E-state index is 10.2. The minimum absolute atomic E-state index is 0.0105. The summed E-state index contributed by atoms with van der Waals surface area (Å²) in [5.41, 5.74) is 1.42. The zero-order valence-electron chi connectivity index (χ0n) is 7.55. The maximum absolute atomic E-state index is 10.2. The van der Waals surface area contributed by atoms with Gasteiger partial charge in [-0.25, -0.2) is 0 Å². The van der Waals surface area contributed by atoms with Crippen LogP contribution in [0, 0.1) is 0 Å². The molecule has 1 rings (SSSR count). The molecule has 0 aliphatic heterocycles. The highest BCUT2D eigenvalue weighted by atomic mass is 16.4. The molecule has 74 valence electrons. The Morgan fingerprint density at radius 2 is 2.29 bits per heavy atom. The van der Waals surface area contributed by atoms with Crippen LogP contribution in [0.3, 0.4) is 0 Å². The van der Waals surface area contributed by atoms with Gasteiger partial charge in [-0.15, -0.1) is 0 Å². The Morgan fingerprint density at radius 3 is 2.79 bits per heavy atom. The number of hydrogen-bond donors (Lipinski definition) is 2. The fourth-order valence-electron chi connectivity index (χ4n) is 0.909. The molecule has 0 fully saturated rings. The minimum Gasteiger partial charge on any atom is -0.481 e. The van der Waals surface area contributed by atoms with Crippen LogP contribution in [0.15, 0.2) is 24.4 Å². The summed E-state index contributed by atoms with van der Waals surface area (Å²) in [4.78, 5) is 14.2. The molecule has 1 aromatic rings. The lowest BCUT2D eigenvalue weighted by atomic mass is 10.2. The molecule has 2 N–H and O–H groups in total. The number of aliphatic carboxylic acids is 1. The second-order valence-electron chi connectivity index (χ2n) is 2.75. The molecule has 0 aliphatic rings. The Labute approximate surface area is 81.5 Å². The summed E-state index contributed by atoms with van der Waals surface area (Å²) in [5.74, 6) is -0.867. The molecule has 0 bridgehead atoms. The number of pyridine rings is 1. The van der Waals surface area contributed by atoms with Crippen LogP contribution in [-0.2, 0) is 11.4 Å². The molecule has 0 amide bonds. The average Bonchev–Trinajstić information content (AvgIpc) is 2.18. The van der Waals surface area contributed by atoms with Gasteiger partial charge < -0.3 is 10.2 Å². The first-order chi connectivity index (χ1) is 6.72. The lowest BCUT2D eigenvalue weighted by Crippen LogP contribution is -1.90. The van der Waals surface area contributed by atoms with Crippen LogP contribution in [0.25, 0.3) is 6.08 Å². The molecule has 14 heavy (non-hydrogen) atoms. The molecule has 0 aromatic carbocycles. The zero-order chi connectivity index (χ0) is 10.4. The molecule has 0 aliphatic carbocycles. The van der Waals surface area contributed by atoms with Gasteiger partial charge in [-0.1, -0.05) is 12.1 Å². The summed E-state index contributed by atoms with van der Waals surface area (Å²) in [5, 5.41) is 17.1. The Morgan fingerprint density at radius 1 is 1.50 bits per heavy atom. The fourth-order valence-corrected chi connectivity index (χ4v) is 0.909. The van der Waals surface area contributed by atoms with Gasteiger partial charge in [-0.3, -0.25) is 9.78 Å². The Hall–Kier alpha value is -1.68. The van der Waals surface area contributed by atoms with Gasteiger partial charge in [0, 0.05) is 6.20 Å². The lowest BCUT2D eigenvalue weighted by molar-refractivity contribution is -0.135. The highest BCUT2D eigenvalue weighted by Crippen LogP contribution is 2.02. The molecule has 4 nitrogen and oxygen atoms in total. The number of carboxylic acid groups (broad SMARTS) is 1. The van der Waals surface area contributed by atoms with E-state index in [2.05, 4.69) is 4.98 Å². The van der Waals surface area contributed by atoms with Gasteiger partial charge in [0.05, 0.1) is 18.7 Å². The van der Waals surface area contributed by atoms with E-state index in [4.69, 9.17) is 10.2 Å². The van der Waals surface area contributed by atoms with Crippen LogP contribution in [-0.4, -0.2) is 21.2 Å². The van der Waals surface area contributed by atoms with Crippen LogP contribution < -0.4 is 0 Å². The van der Waals surface area contributed by atoms with Gasteiger partial charge in [0.25, 0.3) is 0 Å². The third kappa shape index (κ3) is 3.37. The Balaban J connectivity index is 2.59. The number of carbonyl (C=O) groups is 1. The van der Waals surface area contributed by atoms with E-state index in [0.717, 1.165) is 5.56 Å². The Bertz CT molecular complexity index is 330. The number of carboxylic acids is 1. The number of aromatic nitrogens is 1. The van der Waals surface area contributed by atoms with Crippen LogP contribution in [0.5, 0.6) is 0 Å². The molecule has 0 atom stereocenters. The van der Waals surface area contributed by atoms with Gasteiger partial charge in [0.1, 0.15) is 0 Å². The third-order valence-electron chi connectivity index (χ3n) is 1.61. The number of rotatable bonds is 4. The SMILES string of the molecule is O=C(O)CC=Cc1ccc(CO)cn1. The first-order valence-corrected chi connectivity index (χ1v) is 4.16. The van der Waals surface area contributed by atoms with Gasteiger partial charge >= 0.3 is 5.97 Å². The second-order valence-corrected chi connectivity index (χ2v) is 2.75. The summed E-state index contributed by atoms with van der Waals surface area (Å²) in [6.45, 7) is -0.0356. The Kier molecular flexibility index (Phi) is 3.82. The predicted octanol–water partition coefficient (Wildman–Crippen LogP) is 1.06. The molecule has 0 saturated carbocycles. The van der Waals surface area contributed by atoms with Crippen molar-refractivity contribution in [1.29, 1.82) is 0 Å². The van der Waals surface area contributed by atoms with Crippen molar-refractivity contribution in [3.63, 3.8) is 0 Å². The van der Waals surface area contributed by atoms with E-state index in [0.29, 0.717) is 5.69 Å². The molecular weight excluding hydrogens is 182 g/mol. The first-order valence-electron chi connectivity index (χ1n) is 4.16. The van der Waals surface area contributed by atoms with Crippen LogP contribution in [0.2, 0.25) is 0 Å². The number of aliphatic hydroxyl groups excluding tert-OH is 1. The summed E-state index contributed by atoms with van der Waals surface area (Å²) in [7, 11) is 0. The molecule has 4 heteroatoms. The minimum atomic E-state index is -0.867. The molecule has 0 radical (unpaired) electrons. The van der Waals surface area contributed by atoms with Gasteiger partial charge in [-0.05, 0) is 17.7 Å². The zero-order valence-corrected chi connectivity index (χ0v) is 7.55. The lowest BCUT2D eigenvalue weighted by Gasteiger charge is -1.95. The van der Waals surface area contributed by atoms with Gasteiger partial charge in [-0.2, -0.15) is 0 Å². The van der Waals surface area contributed by atoms with Crippen LogP contribution in [0.1, 0.15) is 17.7 Å². The number of nitrogens with zero attached hydrogens (tertiary/aromatic N) is 1. The summed E-state index contributed by atoms with van der Waals surface area (Å²) in [6, 6.07) is 3.47. The largest absolute Gasteiger partial charge is 0.481 e. The van der Waals surface area contributed by atoms with Gasteiger partial charge in [0.15, 0.2) is 0 Å². The van der Waals surface area contributed by atoms with Crippen LogP contribution in [0.4, 0.5) is 0 Å². The van der Waals surface area contributed by atoms with Crippen molar-refractivity contribution in [2.24, 2.45) is 0 Å². The highest BCUT2D eigenvalue weighted by molar-refractivity contribution is 5.70. The first kappa shape index (κ1) is 10.4. The predicted molar refractivity (Wildman–Crippen MR) is 51.4 cm³/mol. The highest BCUT2D eigenvalue weighted by Gasteiger charge is 1.92. The van der Waals surface area contributed by atoms with E-state index < -0.39 is 5.97 Å². The smallest absolute Gasteiger partial charge is 0.307 e. The fraction of sp³-hybridized carbons (Fsp3) is 0.200. The molecular formula is C10H11NO3. The molecule has 0 saturated heterocycles. The van der Waals surface area contributed by atoms with E-state index >= 15 is 0 Å². The van der Waals surface area contributed by atoms with Gasteiger partial charge in [0.2, 0.25) is 0 Å². The summed E-state index contributed by atoms with van der Waals surface area (Å²) >= 11 is 0. The van der Waals surface area contributed by atoms with E-state index in [9.17, 15) is 4.79 Å². The standard InChI is InChI=1S/C10H11NO3/c12-7-8-4-5-9(11-6-8)2-1-3-10(13)14/h1-2,4-6,12H,3,7H2,(H,13,14). The van der Waals surface area contributed by atoms with E-state index in [-0.39, 0.29) is 13.0 Å². The van der Waals surface area contributed by atoms with E-state index in [1.807, 2.05) is 0 Å². The van der Waals surface area contributed by atoms with Crippen molar-refractivity contribution >= 4 is 12.0 Å². The number of aliphatic hydroxyl groups is 1. The molecule has 1 aromatic heterocycles. The van der Waals surface area contributed by atoms with Crippen molar-refractivity contribution in [2.45, 2.75) is 13.0 Å². The third-order valence-corrected chi connectivity index (χ3v) is 1.61. The summed E-state index contributed by atoms with van der Waals surface area (Å²) < 4.78 is 0. The molecule has 0 spiro atoms. The second kappa shape index (κ2) is 5.14. The van der Waals surface area contributed by atoms with Crippen molar-refractivity contribution < 1.29 is 15.0 Å². The molecule has 0 unspecified atom stereocenters. The van der Waals surface area contributed by atoms with Crippen molar-refractivity contribution in [1.82, 2.24) is 4.98 Å².